The number of carbonyl (C=O) groups excluding carboxylic acids is 1. The summed E-state index contributed by atoms with van der Waals surface area (Å²) in [6.07, 6.45) is 0.683. The number of rotatable bonds is 3. The summed E-state index contributed by atoms with van der Waals surface area (Å²) in [4.78, 5) is 18.8. The van der Waals surface area contributed by atoms with Crippen LogP contribution in [0.1, 0.15) is 28.4 Å². The average molecular weight is 464 g/mol. The lowest BCUT2D eigenvalue weighted by Crippen LogP contribution is -2.43. The molecule has 2 heterocycles. The largest absolute Gasteiger partial charge is 0.497 e. The molecule has 5 nitrogen and oxygen atoms in total. The summed E-state index contributed by atoms with van der Waals surface area (Å²) in [6, 6.07) is 17.0. The first-order chi connectivity index (χ1) is 15.9. The van der Waals surface area contributed by atoms with E-state index in [-0.39, 0.29) is 11.8 Å². The molecule has 0 bridgehead atoms. The minimum Gasteiger partial charge on any atom is -0.497 e. The van der Waals surface area contributed by atoms with Crippen molar-refractivity contribution in [3.05, 3.63) is 93.9 Å². The van der Waals surface area contributed by atoms with Gasteiger partial charge in [0.05, 0.1) is 13.2 Å². The Labute approximate surface area is 196 Å². The zero-order valence-corrected chi connectivity index (χ0v) is 19.0. The van der Waals surface area contributed by atoms with Crippen LogP contribution in [-0.4, -0.2) is 29.6 Å². The standard InChI is InChI=1S/C26H23ClFN3O2/c1-15-3-6-17(27)13-23(15)30-26(32)31-12-11-20-21-14-19(33-2)9-10-22(21)29-24(20)25(31)16-4-7-18(28)8-5-16/h3-10,13-14,25,29H,11-12H2,1-2H3,(H,30,32). The number of anilines is 1. The third kappa shape index (κ3) is 3.91. The zero-order valence-electron chi connectivity index (χ0n) is 18.3. The van der Waals surface area contributed by atoms with Crippen LogP contribution in [0.3, 0.4) is 0 Å². The summed E-state index contributed by atoms with van der Waals surface area (Å²) in [5.74, 6) is 0.459. The number of aromatic nitrogens is 1. The second-order valence-electron chi connectivity index (χ2n) is 8.22. The monoisotopic (exact) mass is 463 g/mol. The van der Waals surface area contributed by atoms with E-state index in [1.165, 1.54) is 12.1 Å². The van der Waals surface area contributed by atoms with Crippen LogP contribution in [0.5, 0.6) is 5.75 Å². The second-order valence-corrected chi connectivity index (χ2v) is 8.65. The molecule has 7 heteroatoms. The molecule has 5 rings (SSSR count). The predicted molar refractivity (Wildman–Crippen MR) is 129 cm³/mol. The van der Waals surface area contributed by atoms with Gasteiger partial charge in [0.15, 0.2) is 0 Å². The number of fused-ring (bicyclic) bond motifs is 3. The summed E-state index contributed by atoms with van der Waals surface area (Å²) in [5.41, 5.74) is 5.45. The molecule has 0 saturated heterocycles. The molecule has 1 unspecified atom stereocenters. The maximum atomic E-state index is 13.7. The molecule has 168 valence electrons. The summed E-state index contributed by atoms with van der Waals surface area (Å²) in [5, 5.41) is 4.63. The highest BCUT2D eigenvalue weighted by molar-refractivity contribution is 6.31. The third-order valence-corrected chi connectivity index (χ3v) is 6.46. The van der Waals surface area contributed by atoms with E-state index in [1.807, 2.05) is 31.2 Å². The van der Waals surface area contributed by atoms with E-state index in [4.69, 9.17) is 16.3 Å². The van der Waals surface area contributed by atoms with Crippen LogP contribution in [-0.2, 0) is 6.42 Å². The van der Waals surface area contributed by atoms with E-state index >= 15 is 0 Å². The molecule has 0 aliphatic carbocycles. The molecule has 0 saturated carbocycles. The van der Waals surface area contributed by atoms with Crippen LogP contribution in [0.2, 0.25) is 5.02 Å². The third-order valence-electron chi connectivity index (χ3n) is 6.22. The van der Waals surface area contributed by atoms with Crippen molar-refractivity contribution in [2.24, 2.45) is 0 Å². The first-order valence-electron chi connectivity index (χ1n) is 10.7. The highest BCUT2D eigenvalue weighted by Gasteiger charge is 2.35. The van der Waals surface area contributed by atoms with E-state index < -0.39 is 6.04 Å². The van der Waals surface area contributed by atoms with Gasteiger partial charge in [-0.25, -0.2) is 9.18 Å². The van der Waals surface area contributed by atoms with Gasteiger partial charge in [-0.1, -0.05) is 29.8 Å². The number of nitrogens with zero attached hydrogens (tertiary/aromatic N) is 1. The van der Waals surface area contributed by atoms with Crippen molar-refractivity contribution < 1.29 is 13.9 Å². The number of nitrogens with one attached hydrogen (secondary N) is 2. The van der Waals surface area contributed by atoms with Crippen molar-refractivity contribution in [3.63, 3.8) is 0 Å². The number of aryl methyl sites for hydroxylation is 1. The first kappa shape index (κ1) is 21.3. The maximum Gasteiger partial charge on any atom is 0.322 e. The van der Waals surface area contributed by atoms with E-state index in [2.05, 4.69) is 10.3 Å². The second kappa shape index (κ2) is 8.45. The normalized spacial score (nSPS) is 15.4. The summed E-state index contributed by atoms with van der Waals surface area (Å²) in [7, 11) is 1.64. The van der Waals surface area contributed by atoms with Gasteiger partial charge in [-0.15, -0.1) is 0 Å². The Morgan fingerprint density at radius 2 is 1.94 bits per heavy atom. The van der Waals surface area contributed by atoms with Gasteiger partial charge in [0.25, 0.3) is 0 Å². The molecule has 0 radical (unpaired) electrons. The molecule has 4 aromatic rings. The van der Waals surface area contributed by atoms with Crippen molar-refractivity contribution in [2.75, 3.05) is 19.0 Å². The fourth-order valence-corrected chi connectivity index (χ4v) is 4.69. The number of benzene rings is 3. The number of halogens is 2. The SMILES string of the molecule is COc1ccc2[nH]c3c(c2c1)CCN(C(=O)Nc1cc(Cl)ccc1C)C3c1ccc(F)cc1. The van der Waals surface area contributed by atoms with Crippen molar-refractivity contribution in [3.8, 4) is 5.75 Å². The number of hydrogen-bond donors (Lipinski definition) is 2. The maximum absolute atomic E-state index is 13.7. The molecule has 1 aliphatic rings. The molecule has 1 atom stereocenters. The van der Waals surface area contributed by atoms with Crippen molar-refractivity contribution in [1.29, 1.82) is 0 Å². The van der Waals surface area contributed by atoms with Gasteiger partial charge < -0.3 is 19.9 Å². The fraction of sp³-hybridized carbons (Fsp3) is 0.192. The summed E-state index contributed by atoms with van der Waals surface area (Å²) < 4.78 is 19.1. The minimum absolute atomic E-state index is 0.239. The van der Waals surface area contributed by atoms with Crippen LogP contribution >= 0.6 is 11.6 Å². The van der Waals surface area contributed by atoms with Gasteiger partial charge >= 0.3 is 6.03 Å². The minimum atomic E-state index is -0.396. The van der Waals surface area contributed by atoms with Gasteiger partial charge in [-0.3, -0.25) is 0 Å². The highest BCUT2D eigenvalue weighted by Crippen LogP contribution is 2.39. The average Bonchev–Trinajstić information content (AvgIpc) is 3.19. The van der Waals surface area contributed by atoms with Gasteiger partial charge in [-0.05, 0) is 72.5 Å². The number of amides is 2. The van der Waals surface area contributed by atoms with Crippen molar-refractivity contribution in [2.45, 2.75) is 19.4 Å². The molecular weight excluding hydrogens is 441 g/mol. The smallest absolute Gasteiger partial charge is 0.322 e. The quantitative estimate of drug-likeness (QED) is 0.366. The topological polar surface area (TPSA) is 57.4 Å². The Balaban J connectivity index is 1.59. The Morgan fingerprint density at radius 3 is 2.70 bits per heavy atom. The van der Waals surface area contributed by atoms with Gasteiger partial charge in [0.2, 0.25) is 0 Å². The van der Waals surface area contributed by atoms with Crippen LogP contribution in [0.25, 0.3) is 10.9 Å². The first-order valence-corrected chi connectivity index (χ1v) is 11.1. The van der Waals surface area contributed by atoms with Crippen LogP contribution < -0.4 is 10.1 Å². The van der Waals surface area contributed by atoms with Gasteiger partial charge in [0, 0.05) is 33.9 Å². The summed E-state index contributed by atoms with van der Waals surface area (Å²) >= 11 is 6.15. The molecule has 0 spiro atoms. The van der Waals surface area contributed by atoms with Gasteiger partial charge in [-0.2, -0.15) is 0 Å². The molecule has 2 amide bonds. The van der Waals surface area contributed by atoms with E-state index in [0.717, 1.165) is 39.0 Å². The van der Waals surface area contributed by atoms with Crippen molar-refractivity contribution >= 4 is 34.2 Å². The Kier molecular flexibility index (Phi) is 5.46. The molecule has 1 aliphatic heterocycles. The van der Waals surface area contributed by atoms with Crippen LogP contribution in [0.15, 0.2) is 60.7 Å². The molecule has 2 N–H and O–H groups in total. The Morgan fingerprint density at radius 1 is 1.15 bits per heavy atom. The number of ether oxygens (including phenoxy) is 1. The molecular formula is C26H23ClFN3O2. The lowest BCUT2D eigenvalue weighted by atomic mass is 9.92. The molecule has 1 aromatic heterocycles. The van der Waals surface area contributed by atoms with Gasteiger partial charge in [0.1, 0.15) is 11.6 Å². The lowest BCUT2D eigenvalue weighted by Gasteiger charge is -2.36. The molecule has 3 aromatic carbocycles. The number of methoxy groups -OCH3 is 1. The van der Waals surface area contributed by atoms with E-state index in [0.29, 0.717) is 23.7 Å². The number of hydrogen-bond acceptors (Lipinski definition) is 2. The Hall–Kier alpha value is -3.51. The van der Waals surface area contributed by atoms with E-state index in [1.54, 1.807) is 36.3 Å². The molecule has 0 fully saturated rings. The Bertz CT molecular complexity index is 1350. The highest BCUT2D eigenvalue weighted by atomic mass is 35.5. The number of H-pyrrole nitrogens is 1. The number of aromatic amines is 1. The number of carbonyl (C=O) groups is 1. The van der Waals surface area contributed by atoms with Crippen molar-refractivity contribution in [1.82, 2.24) is 9.88 Å². The fourth-order valence-electron chi connectivity index (χ4n) is 4.52. The molecule has 33 heavy (non-hydrogen) atoms. The predicted octanol–water partition coefficient (Wildman–Crippen LogP) is 6.46. The number of urea groups is 1. The summed E-state index contributed by atoms with van der Waals surface area (Å²) in [6.45, 7) is 2.42. The van der Waals surface area contributed by atoms with Crippen LogP contribution in [0.4, 0.5) is 14.9 Å². The lowest BCUT2D eigenvalue weighted by molar-refractivity contribution is 0.193. The zero-order chi connectivity index (χ0) is 23.1. The van der Waals surface area contributed by atoms with Crippen LogP contribution in [0, 0.1) is 12.7 Å². The van der Waals surface area contributed by atoms with E-state index in [9.17, 15) is 9.18 Å².